The van der Waals surface area contributed by atoms with Crippen LogP contribution in [0.15, 0.2) is 53.8 Å². The van der Waals surface area contributed by atoms with Gasteiger partial charge in [-0.15, -0.1) is 6.42 Å². The van der Waals surface area contributed by atoms with Gasteiger partial charge in [0.2, 0.25) is 0 Å². The Morgan fingerprint density at radius 3 is 2.70 bits per heavy atom. The highest BCUT2D eigenvalue weighted by atomic mass is 19.1. The predicted molar refractivity (Wildman–Crippen MR) is 115 cm³/mol. The predicted octanol–water partition coefficient (Wildman–Crippen LogP) is 4.04. The number of nitrogens with one attached hydrogen (secondary N) is 1. The molecule has 0 spiro atoms. The lowest BCUT2D eigenvalue weighted by Crippen LogP contribution is -2.31. The van der Waals surface area contributed by atoms with E-state index in [1.165, 1.54) is 6.07 Å². The first-order valence-corrected chi connectivity index (χ1v) is 9.73. The van der Waals surface area contributed by atoms with Crippen molar-refractivity contribution in [3.63, 3.8) is 0 Å². The Kier molecular flexibility index (Phi) is 4.96. The lowest BCUT2D eigenvalue weighted by atomic mass is 9.98. The summed E-state index contributed by atoms with van der Waals surface area (Å²) < 4.78 is 16.6. The van der Waals surface area contributed by atoms with Crippen molar-refractivity contribution in [3.8, 4) is 18.0 Å². The van der Waals surface area contributed by atoms with E-state index < -0.39 is 6.04 Å². The van der Waals surface area contributed by atoms with Gasteiger partial charge in [0.1, 0.15) is 12.1 Å². The molecule has 1 aromatic heterocycles. The first-order valence-electron chi connectivity index (χ1n) is 9.73. The second-order valence-electron chi connectivity index (χ2n) is 7.49. The number of carbonyl (C=O) groups is 1. The van der Waals surface area contributed by atoms with E-state index in [0.29, 0.717) is 33.8 Å². The first kappa shape index (κ1) is 19.6. The highest BCUT2D eigenvalue weighted by Gasteiger charge is 2.29. The van der Waals surface area contributed by atoms with E-state index >= 15 is 0 Å². The minimum absolute atomic E-state index is 0.0288. The number of amides is 1. The highest BCUT2D eigenvalue weighted by molar-refractivity contribution is 6.15. The fourth-order valence-electron chi connectivity index (χ4n) is 3.67. The standard InChI is InChI=1S/C24H21FN4O/c1-5-16-10-11-20-18(12-16)21(17-8-6-7-9-19(17)25)28-15(4)23-22(26-13-29(20)23)24(30)27-14(2)3/h1,6-15H,2-4H3,(H,27,30)/t15-/m1/s1. The first-order chi connectivity index (χ1) is 14.4. The van der Waals surface area contributed by atoms with Crippen LogP contribution in [0.3, 0.4) is 0 Å². The zero-order valence-corrected chi connectivity index (χ0v) is 17.0. The highest BCUT2D eigenvalue weighted by Crippen LogP contribution is 2.33. The Labute approximate surface area is 174 Å². The Balaban J connectivity index is 1.99. The summed E-state index contributed by atoms with van der Waals surface area (Å²) in [5.74, 6) is 1.99. The number of halogens is 1. The number of rotatable bonds is 3. The average molecular weight is 400 g/mol. The SMILES string of the molecule is C#Cc1ccc2c(c1)C(c1ccccc1F)=N[C@H](C)c1c(C(=O)NC(C)C)ncn1-2. The van der Waals surface area contributed by atoms with E-state index in [1.807, 2.05) is 43.5 Å². The largest absolute Gasteiger partial charge is 0.348 e. The quantitative estimate of drug-likeness (QED) is 0.675. The molecule has 150 valence electrons. The van der Waals surface area contributed by atoms with Gasteiger partial charge in [0, 0.05) is 22.7 Å². The number of aromatic nitrogens is 2. The number of fused-ring (bicyclic) bond motifs is 3. The molecule has 1 amide bonds. The van der Waals surface area contributed by atoms with Crippen molar-refractivity contribution in [2.75, 3.05) is 0 Å². The molecule has 3 aromatic rings. The molecule has 0 radical (unpaired) electrons. The maximum absolute atomic E-state index is 14.7. The lowest BCUT2D eigenvalue weighted by Gasteiger charge is -2.13. The van der Waals surface area contributed by atoms with Crippen molar-refractivity contribution in [2.24, 2.45) is 4.99 Å². The van der Waals surface area contributed by atoms with Crippen molar-refractivity contribution in [1.82, 2.24) is 14.9 Å². The monoisotopic (exact) mass is 400 g/mol. The number of aliphatic imine (C=N–C) groups is 1. The molecule has 0 bridgehead atoms. The van der Waals surface area contributed by atoms with Gasteiger partial charge in [0.25, 0.3) is 5.91 Å². The van der Waals surface area contributed by atoms with Crippen LogP contribution in [0.4, 0.5) is 4.39 Å². The molecule has 1 atom stereocenters. The molecule has 5 nitrogen and oxygen atoms in total. The number of nitrogens with zero attached hydrogens (tertiary/aromatic N) is 3. The normalized spacial score (nSPS) is 14.9. The summed E-state index contributed by atoms with van der Waals surface area (Å²) >= 11 is 0. The van der Waals surface area contributed by atoms with Crippen LogP contribution in [-0.4, -0.2) is 27.2 Å². The summed E-state index contributed by atoms with van der Waals surface area (Å²) in [6.07, 6.45) is 7.22. The number of hydrogen-bond acceptors (Lipinski definition) is 3. The molecule has 2 aromatic carbocycles. The van der Waals surface area contributed by atoms with Gasteiger partial charge in [0.15, 0.2) is 5.69 Å². The minimum atomic E-state index is -0.434. The van der Waals surface area contributed by atoms with E-state index in [9.17, 15) is 9.18 Å². The number of hydrogen-bond donors (Lipinski definition) is 1. The summed E-state index contributed by atoms with van der Waals surface area (Å²) in [5.41, 5.74) is 3.92. The van der Waals surface area contributed by atoms with Gasteiger partial charge in [-0.3, -0.25) is 14.4 Å². The lowest BCUT2D eigenvalue weighted by molar-refractivity contribution is 0.0937. The summed E-state index contributed by atoms with van der Waals surface area (Å²) in [4.78, 5) is 21.9. The Morgan fingerprint density at radius 2 is 2.00 bits per heavy atom. The maximum Gasteiger partial charge on any atom is 0.272 e. The zero-order chi connectivity index (χ0) is 21.4. The molecule has 2 heterocycles. The third-order valence-electron chi connectivity index (χ3n) is 4.96. The smallest absolute Gasteiger partial charge is 0.272 e. The van der Waals surface area contributed by atoms with Crippen LogP contribution < -0.4 is 5.32 Å². The maximum atomic E-state index is 14.7. The number of imidazole rings is 1. The molecule has 0 unspecified atom stereocenters. The Hall–Kier alpha value is -3.72. The molecule has 0 aliphatic carbocycles. The van der Waals surface area contributed by atoms with Gasteiger partial charge in [-0.05, 0) is 51.1 Å². The molecule has 1 aliphatic heterocycles. The van der Waals surface area contributed by atoms with Crippen LogP contribution in [0.25, 0.3) is 5.69 Å². The summed E-state index contributed by atoms with van der Waals surface area (Å²) in [7, 11) is 0. The average Bonchev–Trinajstić information content (AvgIpc) is 3.12. The Bertz CT molecular complexity index is 1220. The minimum Gasteiger partial charge on any atom is -0.348 e. The van der Waals surface area contributed by atoms with E-state index in [-0.39, 0.29) is 17.8 Å². The van der Waals surface area contributed by atoms with Gasteiger partial charge in [-0.2, -0.15) is 0 Å². The molecular formula is C24H21FN4O. The number of carbonyl (C=O) groups excluding carboxylic acids is 1. The van der Waals surface area contributed by atoms with Crippen LogP contribution in [-0.2, 0) is 0 Å². The third kappa shape index (κ3) is 3.29. The van der Waals surface area contributed by atoms with Gasteiger partial charge in [-0.25, -0.2) is 9.37 Å². The van der Waals surface area contributed by atoms with Crippen molar-refractivity contribution < 1.29 is 9.18 Å². The van der Waals surface area contributed by atoms with Crippen LogP contribution >= 0.6 is 0 Å². The second-order valence-corrected chi connectivity index (χ2v) is 7.49. The molecular weight excluding hydrogens is 379 g/mol. The fourth-order valence-corrected chi connectivity index (χ4v) is 3.67. The summed E-state index contributed by atoms with van der Waals surface area (Å²) in [6.45, 7) is 5.65. The molecule has 1 N–H and O–H groups in total. The van der Waals surface area contributed by atoms with Crippen molar-refractivity contribution >= 4 is 11.6 Å². The topological polar surface area (TPSA) is 59.3 Å². The van der Waals surface area contributed by atoms with E-state index in [0.717, 1.165) is 5.69 Å². The van der Waals surface area contributed by atoms with E-state index in [4.69, 9.17) is 11.4 Å². The molecule has 0 fully saturated rings. The van der Waals surface area contributed by atoms with Crippen LogP contribution in [0.5, 0.6) is 0 Å². The van der Waals surface area contributed by atoms with E-state index in [2.05, 4.69) is 16.2 Å². The molecule has 30 heavy (non-hydrogen) atoms. The van der Waals surface area contributed by atoms with Gasteiger partial charge < -0.3 is 5.32 Å². The van der Waals surface area contributed by atoms with Crippen molar-refractivity contribution in [1.29, 1.82) is 0 Å². The van der Waals surface area contributed by atoms with Gasteiger partial charge in [0.05, 0.1) is 23.1 Å². The Morgan fingerprint density at radius 1 is 1.23 bits per heavy atom. The van der Waals surface area contributed by atoms with Gasteiger partial charge in [-0.1, -0.05) is 18.1 Å². The summed E-state index contributed by atoms with van der Waals surface area (Å²) in [6, 6.07) is 11.5. The second kappa shape index (κ2) is 7.60. The third-order valence-corrected chi connectivity index (χ3v) is 4.96. The molecule has 1 aliphatic rings. The molecule has 0 saturated heterocycles. The van der Waals surface area contributed by atoms with E-state index in [1.54, 1.807) is 24.5 Å². The van der Waals surface area contributed by atoms with Gasteiger partial charge >= 0.3 is 0 Å². The van der Waals surface area contributed by atoms with Crippen LogP contribution in [0.1, 0.15) is 59.7 Å². The number of terminal acetylenes is 1. The zero-order valence-electron chi connectivity index (χ0n) is 17.0. The fraction of sp³-hybridized carbons (Fsp3) is 0.208. The summed E-state index contributed by atoms with van der Waals surface area (Å²) in [5, 5.41) is 2.88. The van der Waals surface area contributed by atoms with Crippen LogP contribution in [0, 0.1) is 18.2 Å². The number of benzene rings is 2. The molecule has 4 rings (SSSR count). The molecule has 0 saturated carbocycles. The van der Waals surface area contributed by atoms with Crippen molar-refractivity contribution in [2.45, 2.75) is 32.9 Å². The van der Waals surface area contributed by atoms with Crippen LogP contribution in [0.2, 0.25) is 0 Å². The van der Waals surface area contributed by atoms with Crippen molar-refractivity contribution in [3.05, 3.63) is 82.7 Å². The molecule has 6 heteroatoms.